The van der Waals surface area contributed by atoms with E-state index >= 15 is 0 Å². The SMILES string of the molecule is Cc1ccc(NC(=O)O[C@H](CCCO)c2ccc(O)c3ccccc23)cc1. The summed E-state index contributed by atoms with van der Waals surface area (Å²) in [5, 5.41) is 23.6. The van der Waals surface area contributed by atoms with Gasteiger partial charge in [-0.3, -0.25) is 5.32 Å². The highest BCUT2D eigenvalue weighted by Crippen LogP contribution is 2.34. The summed E-state index contributed by atoms with van der Waals surface area (Å²) in [7, 11) is 0. The van der Waals surface area contributed by atoms with E-state index < -0.39 is 12.2 Å². The first-order chi connectivity index (χ1) is 13.1. The van der Waals surface area contributed by atoms with Crippen LogP contribution in [0.2, 0.25) is 0 Å². The maximum Gasteiger partial charge on any atom is 0.412 e. The van der Waals surface area contributed by atoms with Crippen molar-refractivity contribution >= 4 is 22.6 Å². The van der Waals surface area contributed by atoms with Crippen LogP contribution in [0.3, 0.4) is 0 Å². The van der Waals surface area contributed by atoms with Crippen molar-refractivity contribution in [2.24, 2.45) is 0 Å². The summed E-state index contributed by atoms with van der Waals surface area (Å²) in [4.78, 5) is 12.4. The third-order valence-corrected chi connectivity index (χ3v) is 4.45. The minimum Gasteiger partial charge on any atom is -0.507 e. The van der Waals surface area contributed by atoms with Crippen LogP contribution in [0.25, 0.3) is 10.8 Å². The van der Waals surface area contributed by atoms with Crippen LogP contribution >= 0.6 is 0 Å². The number of ether oxygens (including phenoxy) is 1. The maximum absolute atomic E-state index is 12.4. The Labute approximate surface area is 158 Å². The van der Waals surface area contributed by atoms with Crippen molar-refractivity contribution in [2.45, 2.75) is 25.9 Å². The van der Waals surface area contributed by atoms with Gasteiger partial charge in [-0.1, -0.05) is 48.0 Å². The molecule has 0 fully saturated rings. The second-order valence-electron chi connectivity index (χ2n) is 6.47. The van der Waals surface area contributed by atoms with Crippen molar-refractivity contribution in [3.63, 3.8) is 0 Å². The van der Waals surface area contributed by atoms with Crippen molar-refractivity contribution < 1.29 is 19.7 Å². The summed E-state index contributed by atoms with van der Waals surface area (Å²) < 4.78 is 5.68. The van der Waals surface area contributed by atoms with Gasteiger partial charge in [0, 0.05) is 23.2 Å². The van der Waals surface area contributed by atoms with E-state index in [0.29, 0.717) is 23.9 Å². The van der Waals surface area contributed by atoms with E-state index in [1.807, 2.05) is 55.5 Å². The Morgan fingerprint density at radius 3 is 2.44 bits per heavy atom. The molecule has 3 N–H and O–H groups in total. The van der Waals surface area contributed by atoms with E-state index in [2.05, 4.69) is 5.32 Å². The predicted octanol–water partition coefficient (Wildman–Crippen LogP) is 4.92. The first-order valence-electron chi connectivity index (χ1n) is 8.94. The molecular formula is C22H23NO4. The number of aromatic hydroxyl groups is 1. The number of aryl methyl sites for hydroxylation is 1. The fraction of sp³-hybridized carbons (Fsp3) is 0.227. The van der Waals surface area contributed by atoms with Gasteiger partial charge in [0.1, 0.15) is 11.9 Å². The number of fused-ring (bicyclic) bond motifs is 1. The van der Waals surface area contributed by atoms with E-state index in [9.17, 15) is 15.0 Å². The summed E-state index contributed by atoms with van der Waals surface area (Å²) in [6.45, 7) is 1.98. The van der Waals surface area contributed by atoms with Gasteiger partial charge < -0.3 is 14.9 Å². The molecule has 0 heterocycles. The van der Waals surface area contributed by atoms with Crippen molar-refractivity contribution in [3.8, 4) is 5.75 Å². The van der Waals surface area contributed by atoms with E-state index in [1.54, 1.807) is 12.1 Å². The maximum atomic E-state index is 12.4. The van der Waals surface area contributed by atoms with Gasteiger partial charge in [0.2, 0.25) is 0 Å². The molecule has 140 valence electrons. The zero-order chi connectivity index (χ0) is 19.2. The van der Waals surface area contributed by atoms with Gasteiger partial charge in [0.25, 0.3) is 0 Å². The van der Waals surface area contributed by atoms with Crippen LogP contribution in [0.5, 0.6) is 5.75 Å². The van der Waals surface area contributed by atoms with Crippen molar-refractivity contribution in [3.05, 3.63) is 71.8 Å². The molecule has 0 unspecified atom stereocenters. The quantitative estimate of drug-likeness (QED) is 0.579. The summed E-state index contributed by atoms with van der Waals surface area (Å²) in [5.74, 6) is 0.180. The number of hydrogen-bond donors (Lipinski definition) is 3. The largest absolute Gasteiger partial charge is 0.507 e. The lowest BCUT2D eigenvalue weighted by Gasteiger charge is -2.20. The van der Waals surface area contributed by atoms with Gasteiger partial charge in [-0.25, -0.2) is 4.79 Å². The first-order valence-corrected chi connectivity index (χ1v) is 8.94. The fourth-order valence-electron chi connectivity index (χ4n) is 3.06. The van der Waals surface area contributed by atoms with Crippen molar-refractivity contribution in [1.82, 2.24) is 0 Å². The lowest BCUT2D eigenvalue weighted by molar-refractivity contribution is 0.100. The van der Waals surface area contributed by atoms with E-state index in [1.165, 1.54) is 0 Å². The van der Waals surface area contributed by atoms with Gasteiger partial charge in [0.05, 0.1) is 0 Å². The zero-order valence-electron chi connectivity index (χ0n) is 15.2. The lowest BCUT2D eigenvalue weighted by atomic mass is 9.97. The molecule has 0 aliphatic rings. The third kappa shape index (κ3) is 4.57. The number of aliphatic hydroxyl groups excluding tert-OH is 1. The molecule has 1 atom stereocenters. The number of carbonyl (C=O) groups is 1. The summed E-state index contributed by atoms with van der Waals surface area (Å²) >= 11 is 0. The number of aliphatic hydroxyl groups is 1. The van der Waals surface area contributed by atoms with E-state index in [4.69, 9.17) is 4.74 Å². The Kier molecular flexibility index (Phi) is 5.94. The van der Waals surface area contributed by atoms with Gasteiger partial charge in [-0.05, 0) is 43.4 Å². The molecule has 27 heavy (non-hydrogen) atoms. The van der Waals surface area contributed by atoms with Crippen LogP contribution in [0, 0.1) is 6.92 Å². The molecule has 0 radical (unpaired) electrons. The Morgan fingerprint density at radius 1 is 1.04 bits per heavy atom. The molecule has 5 nitrogen and oxygen atoms in total. The number of benzene rings is 3. The molecule has 3 aromatic carbocycles. The molecule has 1 amide bonds. The normalized spacial score (nSPS) is 11.9. The second-order valence-corrected chi connectivity index (χ2v) is 6.47. The Morgan fingerprint density at radius 2 is 1.74 bits per heavy atom. The van der Waals surface area contributed by atoms with Crippen LogP contribution in [-0.4, -0.2) is 22.9 Å². The average Bonchev–Trinajstić information content (AvgIpc) is 2.68. The van der Waals surface area contributed by atoms with Crippen LogP contribution in [0.15, 0.2) is 60.7 Å². The number of amides is 1. The lowest BCUT2D eigenvalue weighted by Crippen LogP contribution is -2.18. The van der Waals surface area contributed by atoms with Crippen LogP contribution in [-0.2, 0) is 4.74 Å². The monoisotopic (exact) mass is 365 g/mol. The molecule has 0 aliphatic heterocycles. The predicted molar refractivity (Wildman–Crippen MR) is 106 cm³/mol. The smallest absolute Gasteiger partial charge is 0.412 e. The molecule has 0 aromatic heterocycles. The number of phenols is 1. The molecule has 0 bridgehead atoms. The topological polar surface area (TPSA) is 78.8 Å². The summed E-state index contributed by atoms with van der Waals surface area (Å²) in [6.07, 6.45) is -0.114. The summed E-state index contributed by atoms with van der Waals surface area (Å²) in [5.41, 5.74) is 2.56. The molecule has 3 aromatic rings. The van der Waals surface area contributed by atoms with Gasteiger partial charge in [-0.15, -0.1) is 0 Å². The zero-order valence-corrected chi connectivity index (χ0v) is 15.2. The highest BCUT2D eigenvalue weighted by Gasteiger charge is 2.20. The fourth-order valence-corrected chi connectivity index (χ4v) is 3.06. The number of hydrogen-bond acceptors (Lipinski definition) is 4. The van der Waals surface area contributed by atoms with Crippen LogP contribution in [0.4, 0.5) is 10.5 Å². The molecule has 0 aliphatic carbocycles. The molecule has 0 saturated carbocycles. The molecule has 0 saturated heterocycles. The number of nitrogens with one attached hydrogen (secondary N) is 1. The number of phenolic OH excluding ortho intramolecular Hbond substituents is 1. The minimum atomic E-state index is -0.557. The molecular weight excluding hydrogens is 342 g/mol. The van der Waals surface area contributed by atoms with Gasteiger partial charge >= 0.3 is 6.09 Å². The molecule has 3 rings (SSSR count). The highest BCUT2D eigenvalue weighted by atomic mass is 16.6. The molecule has 5 heteroatoms. The highest BCUT2D eigenvalue weighted by molar-refractivity contribution is 5.91. The van der Waals surface area contributed by atoms with Crippen molar-refractivity contribution in [1.29, 1.82) is 0 Å². The third-order valence-electron chi connectivity index (χ3n) is 4.45. The minimum absolute atomic E-state index is 0.00938. The van der Waals surface area contributed by atoms with E-state index in [0.717, 1.165) is 16.5 Å². The Balaban J connectivity index is 1.85. The Hall–Kier alpha value is -3.05. The number of rotatable bonds is 6. The van der Waals surface area contributed by atoms with Gasteiger partial charge in [0.15, 0.2) is 0 Å². The van der Waals surface area contributed by atoms with Crippen molar-refractivity contribution in [2.75, 3.05) is 11.9 Å². The number of anilines is 1. The van der Waals surface area contributed by atoms with Gasteiger partial charge in [-0.2, -0.15) is 0 Å². The van der Waals surface area contributed by atoms with E-state index in [-0.39, 0.29) is 12.4 Å². The second kappa shape index (κ2) is 8.56. The average molecular weight is 365 g/mol. The Bertz CT molecular complexity index is 921. The van der Waals surface area contributed by atoms with Crippen LogP contribution in [0.1, 0.15) is 30.1 Å². The summed E-state index contributed by atoms with van der Waals surface area (Å²) in [6, 6.07) is 18.2. The first kappa shape index (κ1) is 18.7. The molecule has 0 spiro atoms. The van der Waals surface area contributed by atoms with Crippen LogP contribution < -0.4 is 5.32 Å². The number of carbonyl (C=O) groups excluding carboxylic acids is 1. The standard InChI is InChI=1S/C22H23NO4/c1-15-8-10-16(11-9-15)23-22(26)27-21(7-4-14-24)19-12-13-20(25)18-6-3-2-5-17(18)19/h2-3,5-6,8-13,21,24-25H,4,7,14H2,1H3,(H,23,26)/t21-/m1/s1.